The Morgan fingerprint density at radius 3 is 2.38 bits per heavy atom. The van der Waals surface area contributed by atoms with Gasteiger partial charge in [-0.05, 0) is 48.0 Å². The lowest BCUT2D eigenvalue weighted by molar-refractivity contribution is 0.415. The third kappa shape index (κ3) is 3.81. The zero-order chi connectivity index (χ0) is 18.6. The number of anilines is 1. The zero-order valence-electron chi connectivity index (χ0n) is 14.0. The third-order valence-electron chi connectivity index (χ3n) is 3.81. The van der Waals surface area contributed by atoms with Crippen molar-refractivity contribution in [3.8, 4) is 5.75 Å². The molecule has 0 fully saturated rings. The molecule has 2 aromatic carbocycles. The van der Waals surface area contributed by atoms with Crippen molar-refractivity contribution in [3.05, 3.63) is 83.6 Å². The summed E-state index contributed by atoms with van der Waals surface area (Å²) in [4.78, 5) is 4.12. The van der Waals surface area contributed by atoms with Crippen LogP contribution in [-0.4, -0.2) is 20.5 Å². The molecule has 0 N–H and O–H groups in total. The summed E-state index contributed by atoms with van der Waals surface area (Å²) in [5.74, 6) is 0.644. The summed E-state index contributed by atoms with van der Waals surface area (Å²) in [6.07, 6.45) is 3.28. The zero-order valence-corrected chi connectivity index (χ0v) is 15.6. The molecule has 0 saturated carbocycles. The number of benzene rings is 2. The van der Waals surface area contributed by atoms with Crippen LogP contribution >= 0.6 is 11.6 Å². The Morgan fingerprint density at radius 1 is 1.04 bits per heavy atom. The van der Waals surface area contributed by atoms with Crippen LogP contribution in [0.15, 0.2) is 78.0 Å². The molecule has 7 heteroatoms. The first-order chi connectivity index (χ1) is 12.5. The van der Waals surface area contributed by atoms with Crippen LogP contribution < -0.4 is 9.04 Å². The Hall–Kier alpha value is -2.57. The number of halogens is 1. The normalized spacial score (nSPS) is 11.2. The van der Waals surface area contributed by atoms with Gasteiger partial charge >= 0.3 is 0 Å². The fourth-order valence-corrected chi connectivity index (χ4v) is 4.44. The van der Waals surface area contributed by atoms with Gasteiger partial charge in [-0.2, -0.15) is 0 Å². The van der Waals surface area contributed by atoms with Gasteiger partial charge < -0.3 is 4.74 Å². The standard InChI is InChI=1S/C19H17ClN2O3S/c1-25-17-10-8-16(9-11-17)22(14-15-5-4-12-21-13-15)26(23,24)19-7-3-2-6-18(19)20/h2-13H,14H2,1H3. The summed E-state index contributed by atoms with van der Waals surface area (Å²) in [6.45, 7) is 0.133. The lowest BCUT2D eigenvalue weighted by Crippen LogP contribution is -2.30. The molecule has 0 aliphatic carbocycles. The summed E-state index contributed by atoms with van der Waals surface area (Å²) in [5.41, 5.74) is 1.27. The minimum Gasteiger partial charge on any atom is -0.497 e. The van der Waals surface area contributed by atoms with Crippen LogP contribution in [0.3, 0.4) is 0 Å². The van der Waals surface area contributed by atoms with E-state index in [-0.39, 0.29) is 16.5 Å². The predicted molar refractivity (Wildman–Crippen MR) is 102 cm³/mol. The number of hydrogen-bond donors (Lipinski definition) is 0. The summed E-state index contributed by atoms with van der Waals surface area (Å²) in [5, 5.41) is 0.178. The Bertz CT molecular complexity index is 977. The highest BCUT2D eigenvalue weighted by Crippen LogP contribution is 2.30. The van der Waals surface area contributed by atoms with Crippen molar-refractivity contribution >= 4 is 27.3 Å². The fraction of sp³-hybridized carbons (Fsp3) is 0.105. The van der Waals surface area contributed by atoms with Gasteiger partial charge in [0.05, 0.1) is 24.4 Å². The molecule has 0 atom stereocenters. The van der Waals surface area contributed by atoms with E-state index in [1.807, 2.05) is 6.07 Å². The van der Waals surface area contributed by atoms with Crippen LogP contribution in [-0.2, 0) is 16.6 Å². The van der Waals surface area contributed by atoms with Crippen molar-refractivity contribution in [1.82, 2.24) is 4.98 Å². The van der Waals surface area contributed by atoms with E-state index in [9.17, 15) is 8.42 Å². The summed E-state index contributed by atoms with van der Waals surface area (Å²) in [7, 11) is -2.31. The van der Waals surface area contributed by atoms with Gasteiger partial charge in [0.1, 0.15) is 10.6 Å². The van der Waals surface area contributed by atoms with Crippen molar-refractivity contribution in [2.75, 3.05) is 11.4 Å². The van der Waals surface area contributed by atoms with E-state index in [2.05, 4.69) is 4.98 Å². The van der Waals surface area contributed by atoms with Crippen LogP contribution in [0.5, 0.6) is 5.75 Å². The Balaban J connectivity index is 2.08. The van der Waals surface area contributed by atoms with Gasteiger partial charge in [-0.3, -0.25) is 9.29 Å². The molecule has 0 bridgehead atoms. The van der Waals surface area contributed by atoms with Gasteiger partial charge in [-0.15, -0.1) is 0 Å². The molecule has 26 heavy (non-hydrogen) atoms. The number of nitrogens with zero attached hydrogens (tertiary/aromatic N) is 2. The van der Waals surface area contributed by atoms with Crippen LogP contribution in [0.2, 0.25) is 5.02 Å². The molecule has 0 unspecified atom stereocenters. The van der Waals surface area contributed by atoms with Gasteiger partial charge in [0, 0.05) is 12.4 Å². The minimum atomic E-state index is -3.87. The maximum absolute atomic E-state index is 13.3. The molecule has 5 nitrogen and oxygen atoms in total. The summed E-state index contributed by atoms with van der Waals surface area (Å²) < 4.78 is 33.1. The van der Waals surface area contributed by atoms with Crippen molar-refractivity contribution in [3.63, 3.8) is 0 Å². The highest BCUT2D eigenvalue weighted by Gasteiger charge is 2.27. The van der Waals surface area contributed by atoms with E-state index < -0.39 is 10.0 Å². The molecular weight excluding hydrogens is 372 g/mol. The molecule has 0 aliphatic rings. The van der Waals surface area contributed by atoms with Crippen molar-refractivity contribution < 1.29 is 13.2 Å². The second kappa shape index (κ2) is 7.76. The van der Waals surface area contributed by atoms with E-state index >= 15 is 0 Å². The Labute approximate surface area is 157 Å². The Kier molecular flexibility index (Phi) is 5.44. The average molecular weight is 389 g/mol. The number of sulfonamides is 1. The molecule has 1 aromatic heterocycles. The first kappa shape index (κ1) is 18.2. The Morgan fingerprint density at radius 2 is 1.77 bits per heavy atom. The van der Waals surface area contributed by atoms with Crippen molar-refractivity contribution in [2.24, 2.45) is 0 Å². The molecule has 3 aromatic rings. The number of ether oxygens (including phenoxy) is 1. The maximum atomic E-state index is 13.3. The molecule has 0 saturated heterocycles. The number of rotatable bonds is 6. The highest BCUT2D eigenvalue weighted by atomic mass is 35.5. The second-order valence-electron chi connectivity index (χ2n) is 5.50. The van der Waals surface area contributed by atoms with E-state index in [1.165, 1.54) is 10.4 Å². The molecule has 134 valence electrons. The average Bonchev–Trinajstić information content (AvgIpc) is 2.67. The quantitative estimate of drug-likeness (QED) is 0.636. The number of aromatic nitrogens is 1. The smallest absolute Gasteiger partial charge is 0.266 e. The molecule has 0 amide bonds. The maximum Gasteiger partial charge on any atom is 0.266 e. The molecule has 3 rings (SSSR count). The van der Waals surface area contributed by atoms with E-state index in [0.29, 0.717) is 11.4 Å². The SMILES string of the molecule is COc1ccc(N(Cc2cccnc2)S(=O)(=O)c2ccccc2Cl)cc1. The van der Waals surface area contributed by atoms with E-state index in [4.69, 9.17) is 16.3 Å². The summed E-state index contributed by atoms with van der Waals surface area (Å²) >= 11 is 6.15. The number of methoxy groups -OCH3 is 1. The lowest BCUT2D eigenvalue weighted by Gasteiger charge is -2.25. The van der Waals surface area contributed by atoms with Crippen LogP contribution in [0.4, 0.5) is 5.69 Å². The van der Waals surface area contributed by atoms with E-state index in [1.54, 1.807) is 68.0 Å². The third-order valence-corrected chi connectivity index (χ3v) is 6.09. The first-order valence-electron chi connectivity index (χ1n) is 7.82. The predicted octanol–water partition coefficient (Wildman–Crippen LogP) is 4.14. The second-order valence-corrected chi connectivity index (χ2v) is 7.74. The molecule has 0 spiro atoms. The van der Waals surface area contributed by atoms with Crippen LogP contribution in [0, 0.1) is 0 Å². The van der Waals surface area contributed by atoms with Gasteiger partial charge in [0.2, 0.25) is 0 Å². The van der Waals surface area contributed by atoms with Crippen molar-refractivity contribution in [1.29, 1.82) is 0 Å². The van der Waals surface area contributed by atoms with Crippen LogP contribution in [0.1, 0.15) is 5.56 Å². The lowest BCUT2D eigenvalue weighted by atomic mass is 10.2. The topological polar surface area (TPSA) is 59.5 Å². The first-order valence-corrected chi connectivity index (χ1v) is 9.64. The summed E-state index contributed by atoms with van der Waals surface area (Å²) in [6, 6.07) is 16.8. The number of pyridine rings is 1. The van der Waals surface area contributed by atoms with Crippen LogP contribution in [0.25, 0.3) is 0 Å². The molecule has 0 radical (unpaired) electrons. The largest absolute Gasteiger partial charge is 0.497 e. The minimum absolute atomic E-state index is 0.0568. The monoisotopic (exact) mass is 388 g/mol. The van der Waals surface area contributed by atoms with Gasteiger partial charge in [-0.25, -0.2) is 8.42 Å². The van der Waals surface area contributed by atoms with Gasteiger partial charge in [0.15, 0.2) is 0 Å². The van der Waals surface area contributed by atoms with Crippen molar-refractivity contribution in [2.45, 2.75) is 11.4 Å². The molecule has 0 aliphatic heterocycles. The fourth-order valence-electron chi connectivity index (χ4n) is 2.49. The van der Waals surface area contributed by atoms with Gasteiger partial charge in [0.25, 0.3) is 10.0 Å². The number of hydrogen-bond acceptors (Lipinski definition) is 4. The van der Waals surface area contributed by atoms with Gasteiger partial charge in [-0.1, -0.05) is 29.8 Å². The van der Waals surface area contributed by atoms with E-state index in [0.717, 1.165) is 5.56 Å². The highest BCUT2D eigenvalue weighted by molar-refractivity contribution is 7.93. The molecular formula is C19H17ClN2O3S. The molecule has 1 heterocycles.